The highest BCUT2D eigenvalue weighted by molar-refractivity contribution is 5.29. The van der Waals surface area contributed by atoms with Gasteiger partial charge < -0.3 is 14.0 Å². The van der Waals surface area contributed by atoms with E-state index in [4.69, 9.17) is 14.0 Å². The molecule has 2 aromatic rings. The van der Waals surface area contributed by atoms with Crippen molar-refractivity contribution in [2.24, 2.45) is 0 Å². The zero-order valence-corrected chi connectivity index (χ0v) is 12.6. The predicted octanol–water partition coefficient (Wildman–Crippen LogP) is 2.10. The van der Waals surface area contributed by atoms with Crippen molar-refractivity contribution < 1.29 is 18.4 Å². The number of benzene rings is 1. The third-order valence-electron chi connectivity index (χ3n) is 3.60. The third kappa shape index (κ3) is 3.26. The molecule has 0 amide bonds. The summed E-state index contributed by atoms with van der Waals surface area (Å²) >= 11 is 0. The maximum atomic E-state index is 13.7. The van der Waals surface area contributed by atoms with Gasteiger partial charge in [-0.2, -0.15) is 4.98 Å². The fourth-order valence-electron chi connectivity index (χ4n) is 2.51. The summed E-state index contributed by atoms with van der Waals surface area (Å²) in [7, 11) is 1.46. The van der Waals surface area contributed by atoms with Crippen LogP contribution in [-0.4, -0.2) is 41.8 Å². The van der Waals surface area contributed by atoms with Crippen LogP contribution in [0.1, 0.15) is 23.4 Å². The number of morpholine rings is 1. The van der Waals surface area contributed by atoms with Crippen molar-refractivity contribution in [2.45, 2.75) is 19.6 Å². The molecule has 0 aliphatic carbocycles. The van der Waals surface area contributed by atoms with Crippen LogP contribution in [0, 0.1) is 12.7 Å². The number of aromatic nitrogens is 2. The molecule has 3 rings (SSSR count). The molecule has 0 radical (unpaired) electrons. The summed E-state index contributed by atoms with van der Waals surface area (Å²) in [6, 6.07) is 5.01. The number of hydrogen-bond donors (Lipinski definition) is 0. The number of aryl methyl sites for hydroxylation is 1. The highest BCUT2D eigenvalue weighted by atomic mass is 19.1. The molecule has 22 heavy (non-hydrogen) atoms. The van der Waals surface area contributed by atoms with Gasteiger partial charge in [-0.15, -0.1) is 0 Å². The van der Waals surface area contributed by atoms with Crippen LogP contribution in [-0.2, 0) is 11.3 Å². The Morgan fingerprint density at radius 3 is 3.00 bits per heavy atom. The fraction of sp³-hybridized carbons (Fsp3) is 0.467. The van der Waals surface area contributed by atoms with E-state index in [-0.39, 0.29) is 17.7 Å². The second-order valence-electron chi connectivity index (χ2n) is 5.24. The number of ether oxygens (including phenoxy) is 2. The first-order valence-corrected chi connectivity index (χ1v) is 7.12. The molecule has 1 unspecified atom stereocenters. The van der Waals surface area contributed by atoms with Crippen molar-refractivity contribution in [3.8, 4) is 5.75 Å². The molecule has 7 heteroatoms. The molecule has 2 heterocycles. The quantitative estimate of drug-likeness (QED) is 0.862. The van der Waals surface area contributed by atoms with Gasteiger partial charge in [-0.25, -0.2) is 4.39 Å². The first kappa shape index (κ1) is 14.9. The molecular formula is C15H18FN3O3. The molecule has 1 atom stereocenters. The van der Waals surface area contributed by atoms with Crippen molar-refractivity contribution in [1.82, 2.24) is 15.0 Å². The average molecular weight is 307 g/mol. The molecule has 1 fully saturated rings. The summed E-state index contributed by atoms with van der Waals surface area (Å²) in [5, 5.41) is 3.90. The van der Waals surface area contributed by atoms with E-state index in [9.17, 15) is 4.39 Å². The molecule has 1 aromatic heterocycles. The van der Waals surface area contributed by atoms with Gasteiger partial charge in [0.1, 0.15) is 6.10 Å². The molecule has 1 aliphatic heterocycles. The number of nitrogens with zero attached hydrogens (tertiary/aromatic N) is 3. The number of halogens is 1. The van der Waals surface area contributed by atoms with Crippen LogP contribution in [0.15, 0.2) is 22.7 Å². The molecule has 0 bridgehead atoms. The molecule has 118 valence electrons. The summed E-state index contributed by atoms with van der Waals surface area (Å²) in [6.45, 7) is 4.39. The van der Waals surface area contributed by atoms with Crippen molar-refractivity contribution >= 4 is 0 Å². The van der Waals surface area contributed by atoms with E-state index in [1.165, 1.54) is 13.2 Å². The lowest BCUT2D eigenvalue weighted by molar-refractivity contribution is -0.0380. The van der Waals surface area contributed by atoms with Crippen LogP contribution in [0.4, 0.5) is 4.39 Å². The molecule has 1 aromatic carbocycles. The summed E-state index contributed by atoms with van der Waals surface area (Å²) < 4.78 is 29.4. The Balaban J connectivity index is 1.66. The smallest absolute Gasteiger partial charge is 0.223 e. The van der Waals surface area contributed by atoms with E-state index in [2.05, 4.69) is 15.0 Å². The van der Waals surface area contributed by atoms with E-state index in [0.717, 1.165) is 12.1 Å². The van der Waals surface area contributed by atoms with E-state index in [1.54, 1.807) is 13.0 Å². The molecule has 0 spiro atoms. The maximum absolute atomic E-state index is 13.7. The van der Waals surface area contributed by atoms with E-state index in [1.807, 2.05) is 6.07 Å². The van der Waals surface area contributed by atoms with Crippen molar-refractivity contribution in [3.63, 3.8) is 0 Å². The Bertz CT molecular complexity index is 647. The van der Waals surface area contributed by atoms with Gasteiger partial charge in [-0.05, 0) is 17.7 Å². The average Bonchev–Trinajstić information content (AvgIpc) is 2.94. The Morgan fingerprint density at radius 2 is 2.32 bits per heavy atom. The predicted molar refractivity (Wildman–Crippen MR) is 76.0 cm³/mol. The minimum atomic E-state index is -0.349. The van der Waals surface area contributed by atoms with E-state index >= 15 is 0 Å². The van der Waals surface area contributed by atoms with Crippen LogP contribution in [0.3, 0.4) is 0 Å². The number of hydrogen-bond acceptors (Lipinski definition) is 6. The normalized spacial score (nSPS) is 19.3. The molecular weight excluding hydrogens is 289 g/mol. The lowest BCUT2D eigenvalue weighted by Gasteiger charge is -2.31. The summed E-state index contributed by atoms with van der Waals surface area (Å²) in [5.41, 5.74) is 0.892. The van der Waals surface area contributed by atoms with Gasteiger partial charge >= 0.3 is 0 Å². The molecule has 1 aliphatic rings. The van der Waals surface area contributed by atoms with Gasteiger partial charge in [-0.1, -0.05) is 11.2 Å². The summed E-state index contributed by atoms with van der Waals surface area (Å²) in [6.07, 6.45) is -0.214. The molecule has 0 saturated carbocycles. The zero-order valence-electron chi connectivity index (χ0n) is 12.6. The van der Waals surface area contributed by atoms with Gasteiger partial charge in [-0.3, -0.25) is 4.90 Å². The minimum absolute atomic E-state index is 0.214. The number of methoxy groups -OCH3 is 1. The topological polar surface area (TPSA) is 60.6 Å². The van der Waals surface area contributed by atoms with Gasteiger partial charge in [0.2, 0.25) is 11.7 Å². The zero-order chi connectivity index (χ0) is 15.5. The van der Waals surface area contributed by atoms with Gasteiger partial charge in [0.05, 0.1) is 13.7 Å². The van der Waals surface area contributed by atoms with Crippen LogP contribution < -0.4 is 4.74 Å². The largest absolute Gasteiger partial charge is 0.494 e. The molecule has 0 N–H and O–H groups in total. The van der Waals surface area contributed by atoms with E-state index in [0.29, 0.717) is 31.4 Å². The maximum Gasteiger partial charge on any atom is 0.223 e. The Labute approximate surface area is 127 Å². The third-order valence-corrected chi connectivity index (χ3v) is 3.60. The first-order chi connectivity index (χ1) is 10.7. The van der Waals surface area contributed by atoms with Gasteiger partial charge in [0.25, 0.3) is 0 Å². The molecule has 1 saturated heterocycles. The first-order valence-electron chi connectivity index (χ1n) is 7.12. The standard InChI is InChI=1S/C15H18FN3O3/c1-10-17-15(18-22-10)14-9-19(5-6-21-14)8-11-3-4-13(20-2)12(16)7-11/h3-4,7,14H,5-6,8-9H2,1-2H3. The van der Waals surface area contributed by atoms with Crippen LogP contribution in [0.2, 0.25) is 0 Å². The van der Waals surface area contributed by atoms with Crippen LogP contribution in [0.5, 0.6) is 5.75 Å². The summed E-state index contributed by atoms with van der Waals surface area (Å²) in [5.74, 6) is 0.987. The SMILES string of the molecule is COc1ccc(CN2CCOC(c3noc(C)n3)C2)cc1F. The monoisotopic (exact) mass is 307 g/mol. The van der Waals surface area contributed by atoms with Crippen LogP contribution >= 0.6 is 0 Å². The van der Waals surface area contributed by atoms with Crippen molar-refractivity contribution in [1.29, 1.82) is 0 Å². The summed E-state index contributed by atoms with van der Waals surface area (Å²) in [4.78, 5) is 6.39. The van der Waals surface area contributed by atoms with Gasteiger partial charge in [0.15, 0.2) is 11.6 Å². The molecule has 6 nitrogen and oxygen atoms in total. The Morgan fingerprint density at radius 1 is 1.45 bits per heavy atom. The highest BCUT2D eigenvalue weighted by Gasteiger charge is 2.26. The van der Waals surface area contributed by atoms with Crippen LogP contribution in [0.25, 0.3) is 0 Å². The second kappa shape index (κ2) is 6.41. The minimum Gasteiger partial charge on any atom is -0.494 e. The lowest BCUT2D eigenvalue weighted by atomic mass is 10.1. The van der Waals surface area contributed by atoms with E-state index < -0.39 is 0 Å². The Kier molecular flexibility index (Phi) is 4.35. The van der Waals surface area contributed by atoms with Crippen molar-refractivity contribution in [2.75, 3.05) is 26.8 Å². The second-order valence-corrected chi connectivity index (χ2v) is 5.24. The highest BCUT2D eigenvalue weighted by Crippen LogP contribution is 2.23. The number of rotatable bonds is 4. The van der Waals surface area contributed by atoms with Gasteiger partial charge in [0, 0.05) is 26.6 Å². The Hall–Kier alpha value is -1.99. The van der Waals surface area contributed by atoms with Crippen molar-refractivity contribution in [3.05, 3.63) is 41.3 Å². The lowest BCUT2D eigenvalue weighted by Crippen LogP contribution is -2.38. The fourth-order valence-corrected chi connectivity index (χ4v) is 2.51.